The molecule has 12 heteroatoms. The van der Waals surface area contributed by atoms with E-state index < -0.39 is 22.8 Å². The summed E-state index contributed by atoms with van der Waals surface area (Å²) in [6.07, 6.45) is -1.12. The van der Waals surface area contributed by atoms with Crippen LogP contribution in [0.25, 0.3) is 10.4 Å². The van der Waals surface area contributed by atoms with Gasteiger partial charge in [-0.2, -0.15) is 0 Å². The van der Waals surface area contributed by atoms with Crippen LogP contribution in [0.5, 0.6) is 0 Å². The fourth-order valence-electron chi connectivity index (χ4n) is 2.72. The van der Waals surface area contributed by atoms with Crippen molar-refractivity contribution >= 4 is 28.9 Å². The fraction of sp³-hybridized carbons (Fsp3) is 0.167. The molecule has 0 aliphatic carbocycles. The maximum Gasteiger partial charge on any atom is 0.288 e. The van der Waals surface area contributed by atoms with E-state index in [-0.39, 0.29) is 35.8 Å². The van der Waals surface area contributed by atoms with Gasteiger partial charge in [0.15, 0.2) is 5.71 Å². The molecule has 3 rings (SSSR count). The Morgan fingerprint density at radius 2 is 1.97 bits per heavy atom. The molecular formula is C18H14N6O6. The molecule has 1 heterocycles. The highest BCUT2D eigenvalue weighted by atomic mass is 16.6. The van der Waals surface area contributed by atoms with Crippen molar-refractivity contribution in [2.45, 2.75) is 6.10 Å². The van der Waals surface area contributed by atoms with Crippen LogP contribution in [0.2, 0.25) is 0 Å². The molecule has 0 saturated carbocycles. The maximum atomic E-state index is 12.9. The number of azide groups is 1. The maximum absolute atomic E-state index is 12.9. The Hall–Kier alpha value is -4.28. The van der Waals surface area contributed by atoms with Crippen LogP contribution in [0.1, 0.15) is 15.9 Å². The lowest BCUT2D eigenvalue weighted by molar-refractivity contribution is -0.384. The molecule has 0 aromatic heterocycles. The van der Waals surface area contributed by atoms with Crippen molar-refractivity contribution in [3.63, 3.8) is 0 Å². The monoisotopic (exact) mass is 410 g/mol. The number of amides is 2. The molecule has 0 radical (unpaired) electrons. The summed E-state index contributed by atoms with van der Waals surface area (Å²) < 4.78 is 0. The number of aliphatic hydroxyl groups is 1. The van der Waals surface area contributed by atoms with Crippen molar-refractivity contribution < 1.29 is 24.5 Å². The zero-order valence-electron chi connectivity index (χ0n) is 15.3. The third-order valence-corrected chi connectivity index (χ3v) is 4.11. The second-order valence-electron chi connectivity index (χ2n) is 6.07. The van der Waals surface area contributed by atoms with Crippen LogP contribution in [0.15, 0.2) is 58.8 Å². The molecule has 2 aromatic rings. The van der Waals surface area contributed by atoms with Crippen LogP contribution in [0, 0.1) is 10.1 Å². The van der Waals surface area contributed by atoms with E-state index in [1.165, 1.54) is 24.3 Å². The summed E-state index contributed by atoms with van der Waals surface area (Å²) in [6, 6.07) is 11.3. The van der Waals surface area contributed by atoms with Crippen molar-refractivity contribution in [3.8, 4) is 0 Å². The van der Waals surface area contributed by atoms with Crippen molar-refractivity contribution in [2.75, 3.05) is 18.1 Å². The standard InChI is InChI=1S/C18H14N6O6/c19-22-20-9-13(25)10-30-21-16-14-3-1-2-4-15(14)23(18(16)27)17(26)11-5-7-12(8-6-11)24(28)29/h1-8,13,25H,9-10H2/b21-16+. The first-order valence-electron chi connectivity index (χ1n) is 8.55. The Morgan fingerprint density at radius 3 is 2.63 bits per heavy atom. The first kappa shape index (κ1) is 20.5. The number of nitro benzene ring substituents is 1. The molecule has 0 spiro atoms. The topological polar surface area (TPSA) is 171 Å². The molecular weight excluding hydrogens is 396 g/mol. The highest BCUT2D eigenvalue weighted by Crippen LogP contribution is 2.31. The molecule has 1 aliphatic rings. The second-order valence-corrected chi connectivity index (χ2v) is 6.07. The molecule has 152 valence electrons. The zero-order valence-corrected chi connectivity index (χ0v) is 15.3. The third kappa shape index (κ3) is 4.09. The van der Waals surface area contributed by atoms with Crippen LogP contribution in [-0.2, 0) is 9.63 Å². The predicted octanol–water partition coefficient (Wildman–Crippen LogP) is 2.17. The summed E-state index contributed by atoms with van der Waals surface area (Å²) in [5.74, 6) is -1.43. The van der Waals surface area contributed by atoms with E-state index in [0.717, 1.165) is 4.90 Å². The number of rotatable bonds is 7. The van der Waals surface area contributed by atoms with E-state index in [4.69, 9.17) is 10.4 Å². The minimum atomic E-state index is -1.12. The number of anilines is 1. The Kier molecular flexibility index (Phi) is 6.01. The van der Waals surface area contributed by atoms with Gasteiger partial charge in [-0.3, -0.25) is 19.7 Å². The minimum absolute atomic E-state index is 0.0794. The SMILES string of the molecule is [N-]=[N+]=NCC(O)CO/N=C1/C(=O)N(C(=O)c2ccc([N+](=O)[O-])cc2)c2ccccc21. The average Bonchev–Trinajstić information content (AvgIpc) is 3.03. The summed E-state index contributed by atoms with van der Waals surface area (Å²) in [6.45, 7) is -0.551. The smallest absolute Gasteiger partial charge is 0.288 e. The van der Waals surface area contributed by atoms with Crippen molar-refractivity contribution in [1.29, 1.82) is 0 Å². The Bertz CT molecular complexity index is 1080. The van der Waals surface area contributed by atoms with Gasteiger partial charge in [-0.15, -0.1) is 0 Å². The number of carbonyl (C=O) groups excluding carboxylic acids is 2. The van der Waals surface area contributed by atoms with Crippen LogP contribution >= 0.6 is 0 Å². The molecule has 30 heavy (non-hydrogen) atoms. The van der Waals surface area contributed by atoms with Crippen molar-refractivity contribution in [3.05, 3.63) is 80.2 Å². The summed E-state index contributed by atoms with van der Waals surface area (Å²) in [5, 5.41) is 27.3. The number of hydrogen-bond donors (Lipinski definition) is 1. The molecule has 0 bridgehead atoms. The van der Waals surface area contributed by atoms with Gasteiger partial charge in [0.1, 0.15) is 6.61 Å². The number of nitro groups is 1. The number of aliphatic hydroxyl groups excluding tert-OH is 1. The average molecular weight is 410 g/mol. The van der Waals surface area contributed by atoms with Crippen molar-refractivity contribution in [1.82, 2.24) is 0 Å². The van der Waals surface area contributed by atoms with Crippen LogP contribution in [-0.4, -0.2) is 46.8 Å². The normalized spacial score (nSPS) is 14.8. The number of hydrogen-bond acceptors (Lipinski definition) is 8. The molecule has 0 fully saturated rings. The van der Waals surface area contributed by atoms with Crippen LogP contribution in [0.4, 0.5) is 11.4 Å². The summed E-state index contributed by atoms with van der Waals surface area (Å²) in [7, 11) is 0. The summed E-state index contributed by atoms with van der Waals surface area (Å²) >= 11 is 0. The molecule has 12 nitrogen and oxygen atoms in total. The second kappa shape index (κ2) is 8.82. The quantitative estimate of drug-likeness (QED) is 0.183. The van der Waals surface area contributed by atoms with Gasteiger partial charge < -0.3 is 9.94 Å². The minimum Gasteiger partial charge on any atom is -0.392 e. The van der Waals surface area contributed by atoms with Gasteiger partial charge in [-0.25, -0.2) is 4.90 Å². The Balaban J connectivity index is 1.85. The molecule has 1 atom stereocenters. The Morgan fingerprint density at radius 1 is 1.27 bits per heavy atom. The highest BCUT2D eigenvalue weighted by Gasteiger charge is 2.39. The molecule has 1 N–H and O–H groups in total. The number of oxime groups is 1. The van der Waals surface area contributed by atoms with Gasteiger partial charge in [-0.1, -0.05) is 28.5 Å². The number of para-hydroxylation sites is 1. The molecule has 2 amide bonds. The van der Waals surface area contributed by atoms with E-state index >= 15 is 0 Å². The number of fused-ring (bicyclic) bond motifs is 1. The van der Waals surface area contributed by atoms with E-state index in [0.29, 0.717) is 5.56 Å². The highest BCUT2D eigenvalue weighted by molar-refractivity contribution is 6.58. The van der Waals surface area contributed by atoms with Gasteiger partial charge in [0.05, 0.1) is 23.3 Å². The summed E-state index contributed by atoms with van der Waals surface area (Å²) in [5.41, 5.74) is 8.62. The van der Waals surface area contributed by atoms with E-state index in [2.05, 4.69) is 15.2 Å². The lowest BCUT2D eigenvalue weighted by Crippen LogP contribution is -2.36. The van der Waals surface area contributed by atoms with E-state index in [1.807, 2.05) is 0 Å². The Labute approximate surface area is 168 Å². The number of benzene rings is 2. The molecule has 1 unspecified atom stereocenters. The van der Waals surface area contributed by atoms with Crippen LogP contribution in [0.3, 0.4) is 0 Å². The lowest BCUT2D eigenvalue weighted by atomic mass is 10.1. The van der Waals surface area contributed by atoms with E-state index in [9.17, 15) is 24.8 Å². The fourth-order valence-corrected chi connectivity index (χ4v) is 2.72. The van der Waals surface area contributed by atoms with Crippen LogP contribution < -0.4 is 4.90 Å². The number of carbonyl (C=O) groups is 2. The van der Waals surface area contributed by atoms with Gasteiger partial charge in [0, 0.05) is 28.2 Å². The van der Waals surface area contributed by atoms with Crippen molar-refractivity contribution in [2.24, 2.45) is 10.3 Å². The lowest BCUT2D eigenvalue weighted by Gasteiger charge is -2.14. The molecule has 2 aromatic carbocycles. The van der Waals surface area contributed by atoms with Gasteiger partial charge >= 0.3 is 0 Å². The zero-order chi connectivity index (χ0) is 21.7. The summed E-state index contributed by atoms with van der Waals surface area (Å²) in [4.78, 5) is 44.4. The largest absolute Gasteiger partial charge is 0.392 e. The predicted molar refractivity (Wildman–Crippen MR) is 104 cm³/mol. The third-order valence-electron chi connectivity index (χ3n) is 4.11. The van der Waals surface area contributed by atoms with Gasteiger partial charge in [0.25, 0.3) is 17.5 Å². The van der Waals surface area contributed by atoms with E-state index in [1.54, 1.807) is 24.3 Å². The number of nitrogens with zero attached hydrogens (tertiary/aromatic N) is 6. The molecule has 0 saturated heterocycles. The first-order chi connectivity index (χ1) is 14.4. The number of non-ortho nitro benzene ring substituents is 1. The number of imide groups is 1. The molecule has 1 aliphatic heterocycles. The first-order valence-corrected chi connectivity index (χ1v) is 8.55. The van der Waals surface area contributed by atoms with Gasteiger partial charge in [0.2, 0.25) is 0 Å². The van der Waals surface area contributed by atoms with Gasteiger partial charge in [-0.05, 0) is 23.7 Å².